The van der Waals surface area contributed by atoms with Gasteiger partial charge in [0.15, 0.2) is 10.9 Å². The second-order valence-corrected chi connectivity index (χ2v) is 12.6. The second-order valence-electron chi connectivity index (χ2n) is 12.3. The summed E-state index contributed by atoms with van der Waals surface area (Å²) in [5.74, 6) is -2.40. The summed E-state index contributed by atoms with van der Waals surface area (Å²) < 4.78 is 12.3. The van der Waals surface area contributed by atoms with Crippen molar-refractivity contribution < 1.29 is 43.7 Å². The molecule has 55 heavy (non-hydrogen) atoms. The maximum atomic E-state index is 14.0. The Bertz CT molecular complexity index is 1890. The molecule has 294 valence electrons. The number of halogens is 1. The molecule has 0 aliphatic heterocycles. The number of tetrazole rings is 1. The Morgan fingerprint density at radius 2 is 1.49 bits per heavy atom. The fourth-order valence-corrected chi connectivity index (χ4v) is 5.89. The first-order valence-electron chi connectivity index (χ1n) is 17.6. The quantitative estimate of drug-likeness (QED) is 0.0290. The molecule has 20 heteroatoms. The summed E-state index contributed by atoms with van der Waals surface area (Å²) in [5, 5.41) is 33.2. The van der Waals surface area contributed by atoms with Crippen LogP contribution < -0.4 is 0 Å². The van der Waals surface area contributed by atoms with Gasteiger partial charge in [-0.15, -0.1) is 30.4 Å². The van der Waals surface area contributed by atoms with Crippen LogP contribution in [0.25, 0.3) is 22.5 Å². The highest BCUT2D eigenvalue weighted by molar-refractivity contribution is 6.32. The number of aryl methyl sites for hydroxylation is 1. The zero-order valence-corrected chi connectivity index (χ0v) is 30.9. The normalized spacial score (nSPS) is 11.5. The highest BCUT2D eigenvalue weighted by atomic mass is 35.5. The van der Waals surface area contributed by atoms with Crippen LogP contribution in [0.4, 0.5) is 0 Å². The summed E-state index contributed by atoms with van der Waals surface area (Å²) >= 11 is 6.62. The largest absolute Gasteiger partial charge is 0.466 e. The minimum Gasteiger partial charge on any atom is -0.466 e. The molecule has 19 nitrogen and oxygen atoms in total. The Kier molecular flexibility index (Phi) is 16.4. The summed E-state index contributed by atoms with van der Waals surface area (Å²) in [4.78, 5) is 73.8. The lowest BCUT2D eigenvalue weighted by Gasteiger charge is -2.17. The molecule has 0 bridgehead atoms. The average molecular weight is 785 g/mol. The molecule has 4 rings (SSSR count). The van der Waals surface area contributed by atoms with E-state index in [1.165, 1.54) is 0 Å². The number of rotatable bonds is 25. The van der Waals surface area contributed by atoms with E-state index in [0.717, 1.165) is 35.1 Å². The van der Waals surface area contributed by atoms with Gasteiger partial charge in [0.2, 0.25) is 5.82 Å². The maximum absolute atomic E-state index is 14.0. The lowest BCUT2D eigenvalue weighted by atomic mass is 9.97. The van der Waals surface area contributed by atoms with E-state index in [4.69, 9.17) is 21.1 Å². The van der Waals surface area contributed by atoms with Crippen molar-refractivity contribution in [3.05, 3.63) is 91.0 Å². The fourth-order valence-electron chi connectivity index (χ4n) is 5.59. The molecule has 0 saturated heterocycles. The SMILES string of the molecule is CCCCc1nc(Cl)c(C(=O)C[C@@H](CC(=O)OCCCCO[N+](=O)[O-])C(=O)OCCCCO[N+](=O)[O-])n1Cc1ccc(-c2ccccc2-c2nn[nH]n2)cc1. The molecule has 0 fully saturated rings. The van der Waals surface area contributed by atoms with E-state index in [2.05, 4.69) is 35.3 Å². The van der Waals surface area contributed by atoms with Crippen LogP contribution in [0.1, 0.15) is 80.2 Å². The number of carbonyl (C=O) groups is 3. The molecule has 2 aromatic carbocycles. The van der Waals surface area contributed by atoms with E-state index in [1.807, 2.05) is 55.5 Å². The van der Waals surface area contributed by atoms with Crippen LogP contribution in [0.3, 0.4) is 0 Å². The van der Waals surface area contributed by atoms with Crippen LogP contribution in [0, 0.1) is 26.1 Å². The van der Waals surface area contributed by atoms with Gasteiger partial charge in [-0.1, -0.05) is 73.5 Å². The molecule has 0 amide bonds. The Morgan fingerprint density at radius 1 is 0.855 bits per heavy atom. The van der Waals surface area contributed by atoms with E-state index in [1.54, 1.807) is 4.57 Å². The Balaban J connectivity index is 1.52. The number of nitrogens with one attached hydrogen (secondary N) is 1. The van der Waals surface area contributed by atoms with Gasteiger partial charge in [0, 0.05) is 24.9 Å². The predicted octanol–water partition coefficient (Wildman–Crippen LogP) is 5.42. The zero-order valence-electron chi connectivity index (χ0n) is 30.1. The molecular formula is C35H41ClN8O11. The molecule has 4 aromatic rings. The van der Waals surface area contributed by atoms with Gasteiger partial charge in [-0.3, -0.25) is 14.4 Å². The van der Waals surface area contributed by atoms with Crippen molar-refractivity contribution in [2.24, 2.45) is 5.92 Å². The van der Waals surface area contributed by atoms with Gasteiger partial charge in [-0.2, -0.15) is 5.21 Å². The number of hydrogen-bond donors (Lipinski definition) is 1. The summed E-state index contributed by atoms with van der Waals surface area (Å²) in [7, 11) is 0. The number of nitrogens with zero attached hydrogens (tertiary/aromatic N) is 7. The van der Waals surface area contributed by atoms with Gasteiger partial charge in [0.25, 0.3) is 10.2 Å². The first-order chi connectivity index (χ1) is 26.6. The maximum Gasteiger partial charge on any atom is 0.309 e. The number of esters is 2. The molecule has 1 N–H and O–H groups in total. The van der Waals surface area contributed by atoms with Crippen LogP contribution in [0.15, 0.2) is 48.5 Å². The Labute approximate surface area is 319 Å². The van der Waals surface area contributed by atoms with Crippen molar-refractivity contribution in [2.45, 2.75) is 71.3 Å². The number of ether oxygens (including phenoxy) is 2. The fraction of sp³-hybridized carbons (Fsp3) is 0.457. The van der Waals surface area contributed by atoms with Gasteiger partial charge in [-0.05, 0) is 54.0 Å². The molecule has 0 aliphatic carbocycles. The third-order valence-corrected chi connectivity index (χ3v) is 8.56. The van der Waals surface area contributed by atoms with E-state index < -0.39 is 46.7 Å². The number of Topliss-reactive ketones (excluding diaryl/α,β-unsaturated/α-hetero) is 1. The van der Waals surface area contributed by atoms with E-state index in [0.29, 0.717) is 18.1 Å². The van der Waals surface area contributed by atoms with Crippen molar-refractivity contribution in [2.75, 3.05) is 26.4 Å². The van der Waals surface area contributed by atoms with Gasteiger partial charge in [-0.25, -0.2) is 4.98 Å². The molecule has 0 spiro atoms. The Morgan fingerprint density at radius 3 is 2.11 bits per heavy atom. The van der Waals surface area contributed by atoms with E-state index in [-0.39, 0.29) is 69.5 Å². The molecule has 0 saturated carbocycles. The van der Waals surface area contributed by atoms with Crippen LogP contribution in [-0.4, -0.2) is 84.5 Å². The zero-order chi connectivity index (χ0) is 39.6. The number of H-pyrrole nitrogens is 1. The first kappa shape index (κ1) is 41.8. The van der Waals surface area contributed by atoms with Crippen molar-refractivity contribution in [3.8, 4) is 22.5 Å². The molecular weight excluding hydrogens is 744 g/mol. The van der Waals surface area contributed by atoms with E-state index in [9.17, 15) is 34.6 Å². The van der Waals surface area contributed by atoms with Crippen molar-refractivity contribution in [1.29, 1.82) is 0 Å². The number of hydrogen-bond acceptors (Lipinski definition) is 15. The van der Waals surface area contributed by atoms with Crippen LogP contribution >= 0.6 is 11.6 Å². The van der Waals surface area contributed by atoms with Gasteiger partial charge < -0.3 is 23.7 Å². The second kappa shape index (κ2) is 21.7. The summed E-state index contributed by atoms with van der Waals surface area (Å²) in [6, 6.07) is 15.4. The molecule has 0 radical (unpaired) electrons. The molecule has 2 aromatic heterocycles. The highest BCUT2D eigenvalue weighted by Crippen LogP contribution is 2.31. The third-order valence-electron chi connectivity index (χ3n) is 8.30. The lowest BCUT2D eigenvalue weighted by molar-refractivity contribution is -0.757. The van der Waals surface area contributed by atoms with Gasteiger partial charge in [0.1, 0.15) is 11.5 Å². The first-order valence-corrected chi connectivity index (χ1v) is 18.0. The number of ketones is 1. The number of aromatic amines is 1. The number of benzene rings is 2. The topological polar surface area (TPSA) is 247 Å². The number of aromatic nitrogens is 6. The predicted molar refractivity (Wildman–Crippen MR) is 193 cm³/mol. The Hall–Kier alpha value is -5.98. The molecule has 2 heterocycles. The highest BCUT2D eigenvalue weighted by Gasteiger charge is 2.31. The van der Waals surface area contributed by atoms with Crippen LogP contribution in [-0.2, 0) is 41.7 Å². The monoisotopic (exact) mass is 784 g/mol. The standard InChI is InChI=1S/C35H41ClN8O11/c1-2-3-12-30-37-33(36)32(42(30)23-24-13-15-25(16-14-24)27-10-4-5-11-28(27)34-38-40-41-39-34)29(45)21-26(35(47)53-18-7-9-20-55-44(50)51)22-31(46)52-17-6-8-19-54-43(48)49/h4-5,10-11,13-16,26H,2-3,6-9,12,17-23H2,1H3,(H,38,39,40,41)/t26-/m0/s1. The number of carbonyl (C=O) groups excluding carboxylic acids is 3. The van der Waals surface area contributed by atoms with Gasteiger partial charge in [0.05, 0.1) is 38.8 Å². The third kappa shape index (κ3) is 13.1. The minimum absolute atomic E-state index is 0.0424. The van der Waals surface area contributed by atoms with Gasteiger partial charge >= 0.3 is 11.9 Å². The number of unbranched alkanes of at least 4 members (excludes halogenated alkanes) is 3. The minimum atomic E-state index is -1.26. The molecule has 1 atom stereocenters. The summed E-state index contributed by atoms with van der Waals surface area (Å²) in [5.41, 5.74) is 3.51. The van der Waals surface area contributed by atoms with Crippen molar-refractivity contribution in [3.63, 3.8) is 0 Å². The van der Waals surface area contributed by atoms with Crippen LogP contribution in [0.2, 0.25) is 5.15 Å². The van der Waals surface area contributed by atoms with E-state index >= 15 is 0 Å². The molecule has 0 unspecified atom stereocenters. The average Bonchev–Trinajstić information content (AvgIpc) is 3.81. The molecule has 0 aliphatic rings. The summed E-state index contributed by atoms with van der Waals surface area (Å²) in [6.07, 6.45) is 2.18. The van der Waals surface area contributed by atoms with Crippen LogP contribution in [0.5, 0.6) is 0 Å². The number of imidazole rings is 1. The smallest absolute Gasteiger partial charge is 0.309 e. The lowest BCUT2D eigenvalue weighted by Crippen LogP contribution is -2.26. The summed E-state index contributed by atoms with van der Waals surface area (Å²) in [6.45, 7) is 1.67. The van der Waals surface area contributed by atoms with Crippen molar-refractivity contribution >= 4 is 29.3 Å². The van der Waals surface area contributed by atoms with Crippen molar-refractivity contribution in [1.82, 2.24) is 30.2 Å².